The van der Waals surface area contributed by atoms with E-state index >= 15 is 0 Å². The first kappa shape index (κ1) is 21.7. The molecule has 0 saturated carbocycles. The lowest BCUT2D eigenvalue weighted by Crippen LogP contribution is -2.48. The molecule has 2 unspecified atom stereocenters. The van der Waals surface area contributed by atoms with E-state index in [-0.39, 0.29) is 0 Å². The van der Waals surface area contributed by atoms with E-state index in [0.29, 0.717) is 24.9 Å². The van der Waals surface area contributed by atoms with Crippen molar-refractivity contribution in [2.75, 3.05) is 45.9 Å². The van der Waals surface area contributed by atoms with Gasteiger partial charge in [-0.2, -0.15) is 0 Å². The minimum atomic E-state index is -0.448. The number of aliphatic hydroxyl groups excluding tert-OH is 1. The molecule has 0 aromatic heterocycles. The van der Waals surface area contributed by atoms with Crippen LogP contribution in [0.2, 0.25) is 0 Å². The number of hydrogen-bond donors (Lipinski definition) is 3. The van der Waals surface area contributed by atoms with Gasteiger partial charge in [-0.3, -0.25) is 9.89 Å². The maximum atomic E-state index is 10.3. The Balaban J connectivity index is 1.87. The van der Waals surface area contributed by atoms with E-state index in [4.69, 9.17) is 9.73 Å². The summed E-state index contributed by atoms with van der Waals surface area (Å²) in [5, 5.41) is 16.9. The fraction of sp³-hybridized carbons (Fsp3) is 0.667. The number of morpholine rings is 1. The van der Waals surface area contributed by atoms with Crippen molar-refractivity contribution in [3.05, 3.63) is 35.9 Å². The maximum Gasteiger partial charge on any atom is 0.191 e. The third-order valence-electron chi connectivity index (χ3n) is 4.88. The Bertz CT molecular complexity index is 544. The van der Waals surface area contributed by atoms with Crippen LogP contribution in [0.4, 0.5) is 0 Å². The van der Waals surface area contributed by atoms with E-state index < -0.39 is 6.10 Å². The molecule has 27 heavy (non-hydrogen) atoms. The minimum Gasteiger partial charge on any atom is -0.391 e. The summed E-state index contributed by atoms with van der Waals surface area (Å²) in [4.78, 5) is 7.27. The molecule has 152 valence electrons. The Morgan fingerprint density at radius 1 is 1.19 bits per heavy atom. The molecule has 0 aliphatic carbocycles. The highest BCUT2D eigenvalue weighted by atomic mass is 16.5. The van der Waals surface area contributed by atoms with Crippen LogP contribution in [0.3, 0.4) is 0 Å². The van der Waals surface area contributed by atoms with Gasteiger partial charge in [0.2, 0.25) is 0 Å². The lowest BCUT2D eigenvalue weighted by Gasteiger charge is -2.36. The Kier molecular flexibility index (Phi) is 9.59. The van der Waals surface area contributed by atoms with Crippen LogP contribution >= 0.6 is 0 Å². The topological polar surface area (TPSA) is 69.1 Å². The van der Waals surface area contributed by atoms with Crippen molar-refractivity contribution in [2.24, 2.45) is 10.9 Å². The Labute approximate surface area is 164 Å². The molecule has 6 nitrogen and oxygen atoms in total. The first-order valence-corrected chi connectivity index (χ1v) is 10.2. The molecule has 2 rings (SSSR count). The van der Waals surface area contributed by atoms with Crippen LogP contribution in [0.1, 0.15) is 26.3 Å². The zero-order valence-corrected chi connectivity index (χ0v) is 17.0. The lowest BCUT2D eigenvalue weighted by molar-refractivity contribution is 0.00867. The molecule has 0 amide bonds. The molecule has 3 N–H and O–H groups in total. The van der Waals surface area contributed by atoms with Gasteiger partial charge in [0.05, 0.1) is 25.9 Å². The summed E-state index contributed by atoms with van der Waals surface area (Å²) < 4.78 is 5.48. The molecule has 1 aliphatic rings. The van der Waals surface area contributed by atoms with E-state index in [2.05, 4.69) is 36.3 Å². The van der Waals surface area contributed by atoms with Crippen LogP contribution in [-0.2, 0) is 11.2 Å². The molecule has 0 spiro atoms. The smallest absolute Gasteiger partial charge is 0.191 e. The summed E-state index contributed by atoms with van der Waals surface area (Å²) in [5.74, 6) is 1.29. The molecule has 1 fully saturated rings. The Morgan fingerprint density at radius 3 is 2.52 bits per heavy atom. The van der Waals surface area contributed by atoms with Gasteiger partial charge in [-0.15, -0.1) is 0 Å². The van der Waals surface area contributed by atoms with Crippen molar-refractivity contribution < 1.29 is 9.84 Å². The van der Waals surface area contributed by atoms with Gasteiger partial charge >= 0.3 is 0 Å². The quantitative estimate of drug-likeness (QED) is 0.450. The molecule has 0 radical (unpaired) electrons. The van der Waals surface area contributed by atoms with Crippen molar-refractivity contribution in [3.63, 3.8) is 0 Å². The van der Waals surface area contributed by atoms with Gasteiger partial charge in [0.1, 0.15) is 0 Å². The lowest BCUT2D eigenvalue weighted by atomic mass is 10.0. The number of ether oxygens (including phenoxy) is 1. The van der Waals surface area contributed by atoms with E-state index in [1.807, 2.05) is 30.3 Å². The van der Waals surface area contributed by atoms with Crippen LogP contribution in [0.5, 0.6) is 0 Å². The average molecular weight is 377 g/mol. The second-order valence-electron chi connectivity index (χ2n) is 7.40. The van der Waals surface area contributed by atoms with Crippen LogP contribution in [0.25, 0.3) is 0 Å². The predicted molar refractivity (Wildman–Crippen MR) is 111 cm³/mol. The SMILES string of the molecule is CCNC(=NCC(C(C)C)N1CCOCC1)NCC(O)Cc1ccccc1. The van der Waals surface area contributed by atoms with Crippen molar-refractivity contribution in [1.29, 1.82) is 0 Å². The van der Waals surface area contributed by atoms with E-state index in [1.165, 1.54) is 0 Å². The largest absolute Gasteiger partial charge is 0.391 e. The van der Waals surface area contributed by atoms with E-state index in [9.17, 15) is 5.11 Å². The van der Waals surface area contributed by atoms with Gasteiger partial charge < -0.3 is 20.5 Å². The molecule has 1 aliphatic heterocycles. The summed E-state index contributed by atoms with van der Waals surface area (Å²) in [6.45, 7) is 12.1. The number of aliphatic hydroxyl groups is 1. The minimum absolute atomic E-state index is 0.401. The van der Waals surface area contributed by atoms with Crippen molar-refractivity contribution in [3.8, 4) is 0 Å². The molecular formula is C21H36N4O2. The summed E-state index contributed by atoms with van der Waals surface area (Å²) in [6, 6.07) is 10.5. The molecule has 1 aromatic carbocycles. The summed E-state index contributed by atoms with van der Waals surface area (Å²) in [6.07, 6.45) is 0.187. The number of aliphatic imine (C=N–C) groups is 1. The van der Waals surface area contributed by atoms with Gasteiger partial charge in [0.15, 0.2) is 5.96 Å². The zero-order valence-electron chi connectivity index (χ0n) is 17.0. The molecule has 2 atom stereocenters. The fourth-order valence-corrected chi connectivity index (χ4v) is 3.36. The second kappa shape index (κ2) is 12.0. The van der Waals surface area contributed by atoms with E-state index in [0.717, 1.165) is 50.9 Å². The highest BCUT2D eigenvalue weighted by Gasteiger charge is 2.23. The molecular weight excluding hydrogens is 340 g/mol. The number of guanidine groups is 1. The third kappa shape index (κ3) is 7.87. The first-order chi connectivity index (χ1) is 13.1. The highest BCUT2D eigenvalue weighted by Crippen LogP contribution is 2.13. The Morgan fingerprint density at radius 2 is 1.89 bits per heavy atom. The van der Waals surface area contributed by atoms with Crippen molar-refractivity contribution >= 4 is 5.96 Å². The molecule has 6 heteroatoms. The van der Waals surface area contributed by atoms with Crippen LogP contribution in [0.15, 0.2) is 35.3 Å². The number of rotatable bonds is 9. The monoisotopic (exact) mass is 376 g/mol. The number of nitrogens with one attached hydrogen (secondary N) is 2. The van der Waals surface area contributed by atoms with Gasteiger partial charge in [-0.1, -0.05) is 44.2 Å². The van der Waals surface area contributed by atoms with Crippen molar-refractivity contribution in [2.45, 2.75) is 39.3 Å². The summed E-state index contributed by atoms with van der Waals surface area (Å²) >= 11 is 0. The zero-order chi connectivity index (χ0) is 19.5. The number of hydrogen-bond acceptors (Lipinski definition) is 4. The average Bonchev–Trinajstić information content (AvgIpc) is 2.67. The molecule has 1 aromatic rings. The normalized spacial score (nSPS) is 18.3. The number of nitrogens with zero attached hydrogens (tertiary/aromatic N) is 2. The second-order valence-corrected chi connectivity index (χ2v) is 7.40. The summed E-state index contributed by atoms with van der Waals surface area (Å²) in [5.41, 5.74) is 1.14. The van der Waals surface area contributed by atoms with Gasteiger partial charge in [0, 0.05) is 38.6 Å². The molecule has 0 bridgehead atoms. The van der Waals surface area contributed by atoms with Crippen LogP contribution < -0.4 is 10.6 Å². The molecule has 1 saturated heterocycles. The fourth-order valence-electron chi connectivity index (χ4n) is 3.36. The maximum absolute atomic E-state index is 10.3. The van der Waals surface area contributed by atoms with Crippen LogP contribution in [0, 0.1) is 5.92 Å². The van der Waals surface area contributed by atoms with Gasteiger partial charge in [-0.25, -0.2) is 0 Å². The predicted octanol–water partition coefficient (Wildman–Crippen LogP) is 1.50. The molecule has 1 heterocycles. The van der Waals surface area contributed by atoms with Gasteiger partial charge in [-0.05, 0) is 18.4 Å². The van der Waals surface area contributed by atoms with Crippen molar-refractivity contribution in [1.82, 2.24) is 15.5 Å². The summed E-state index contributed by atoms with van der Waals surface area (Å²) in [7, 11) is 0. The van der Waals surface area contributed by atoms with E-state index in [1.54, 1.807) is 0 Å². The van der Waals surface area contributed by atoms with Gasteiger partial charge in [0.25, 0.3) is 0 Å². The van der Waals surface area contributed by atoms with Crippen LogP contribution in [-0.4, -0.2) is 74.0 Å². The highest BCUT2D eigenvalue weighted by molar-refractivity contribution is 5.79. The number of benzene rings is 1. The Hall–Kier alpha value is -1.63. The standard InChI is InChI=1S/C21H36N4O2/c1-4-22-21(23-15-19(26)14-18-8-6-5-7-9-18)24-16-20(17(2)3)25-10-12-27-13-11-25/h5-9,17,19-20,26H,4,10-16H2,1-3H3,(H2,22,23,24). The first-order valence-electron chi connectivity index (χ1n) is 10.2. The third-order valence-corrected chi connectivity index (χ3v) is 4.88.